The molecule has 1 saturated heterocycles. The van der Waals surface area contributed by atoms with Crippen LogP contribution in [0.2, 0.25) is 5.02 Å². The van der Waals surface area contributed by atoms with Crippen LogP contribution in [0, 0.1) is 0 Å². The number of fused-ring (bicyclic) bond motifs is 2. The molecule has 1 fully saturated rings. The lowest BCUT2D eigenvalue weighted by atomic mass is 10.1. The lowest BCUT2D eigenvalue weighted by Gasteiger charge is -2.16. The van der Waals surface area contributed by atoms with Crippen molar-refractivity contribution in [2.75, 3.05) is 19.7 Å². The summed E-state index contributed by atoms with van der Waals surface area (Å²) in [7, 11) is 0. The maximum absolute atomic E-state index is 13.5. The average molecular weight is 600 g/mol. The van der Waals surface area contributed by atoms with Gasteiger partial charge in [-0.05, 0) is 59.7 Å². The first-order valence-corrected chi connectivity index (χ1v) is 13.9. The minimum Gasteiger partial charge on any atom is -0.485 e. The number of carbonyl (C=O) groups excluding carboxylic acids is 3. The topological polar surface area (TPSA) is 150 Å². The van der Waals surface area contributed by atoms with Gasteiger partial charge in [0, 0.05) is 60.1 Å². The van der Waals surface area contributed by atoms with Crippen LogP contribution < -0.4 is 15.2 Å². The summed E-state index contributed by atoms with van der Waals surface area (Å²) < 4.78 is 13.6. The van der Waals surface area contributed by atoms with Gasteiger partial charge < -0.3 is 29.8 Å². The van der Waals surface area contributed by atoms with Crippen LogP contribution in [0.3, 0.4) is 0 Å². The van der Waals surface area contributed by atoms with Crippen molar-refractivity contribution in [1.82, 2.24) is 19.7 Å². The number of aliphatic hydroxyl groups is 1. The van der Waals surface area contributed by atoms with Crippen LogP contribution in [0.1, 0.15) is 27.1 Å². The molecule has 0 spiro atoms. The fourth-order valence-electron chi connectivity index (χ4n) is 5.16. The minimum absolute atomic E-state index is 0.133. The quantitative estimate of drug-likeness (QED) is 0.229. The Balaban J connectivity index is 1.29. The van der Waals surface area contributed by atoms with Crippen molar-refractivity contribution in [2.45, 2.75) is 19.1 Å². The van der Waals surface area contributed by atoms with Gasteiger partial charge >= 0.3 is 0 Å². The Labute approximate surface area is 250 Å². The van der Waals surface area contributed by atoms with Gasteiger partial charge in [0.1, 0.15) is 17.6 Å². The highest BCUT2D eigenvalue weighted by Crippen LogP contribution is 2.31. The van der Waals surface area contributed by atoms with Gasteiger partial charge in [0.2, 0.25) is 11.7 Å². The van der Waals surface area contributed by atoms with Crippen LogP contribution in [-0.2, 0) is 11.3 Å². The highest BCUT2D eigenvalue weighted by molar-refractivity contribution is 6.31. The van der Waals surface area contributed by atoms with Gasteiger partial charge in [0.05, 0.1) is 11.1 Å². The lowest BCUT2D eigenvalue weighted by Crippen LogP contribution is -2.32. The zero-order valence-corrected chi connectivity index (χ0v) is 23.5. The molecule has 11 nitrogen and oxygen atoms in total. The van der Waals surface area contributed by atoms with E-state index >= 15 is 0 Å². The number of ketones is 1. The summed E-state index contributed by atoms with van der Waals surface area (Å²) in [5.74, 6) is -0.355. The summed E-state index contributed by atoms with van der Waals surface area (Å²) in [6.07, 6.45) is 2.64. The third-order valence-electron chi connectivity index (χ3n) is 7.33. The molecule has 1 aliphatic heterocycles. The third kappa shape index (κ3) is 5.85. The predicted molar refractivity (Wildman–Crippen MR) is 159 cm³/mol. The van der Waals surface area contributed by atoms with Crippen LogP contribution >= 0.6 is 11.6 Å². The van der Waals surface area contributed by atoms with E-state index in [4.69, 9.17) is 26.8 Å². The van der Waals surface area contributed by atoms with E-state index in [0.29, 0.717) is 64.6 Å². The molecule has 12 heteroatoms. The Hall–Kier alpha value is -5.00. The summed E-state index contributed by atoms with van der Waals surface area (Å²) in [5.41, 5.74) is 6.82. The van der Waals surface area contributed by atoms with Crippen LogP contribution in [0.5, 0.6) is 17.4 Å². The van der Waals surface area contributed by atoms with E-state index in [9.17, 15) is 19.5 Å². The molecule has 1 aliphatic rings. The number of nitrogens with two attached hydrogens (primary N) is 1. The first kappa shape index (κ1) is 28.1. The molecule has 3 heterocycles. The Bertz CT molecular complexity index is 1880. The van der Waals surface area contributed by atoms with Gasteiger partial charge in [-0.3, -0.25) is 14.4 Å². The zero-order valence-electron chi connectivity index (χ0n) is 22.8. The van der Waals surface area contributed by atoms with Crippen molar-refractivity contribution in [3.8, 4) is 17.4 Å². The summed E-state index contributed by atoms with van der Waals surface area (Å²) in [4.78, 5) is 39.6. The first-order valence-electron chi connectivity index (χ1n) is 13.5. The second-order valence-corrected chi connectivity index (χ2v) is 10.6. The highest BCUT2D eigenvalue weighted by atomic mass is 35.5. The maximum atomic E-state index is 13.5. The van der Waals surface area contributed by atoms with E-state index in [-0.39, 0.29) is 29.6 Å². The molecule has 0 bridgehead atoms. The normalized spacial score (nSPS) is 14.9. The maximum Gasteiger partial charge on any atom is 0.252 e. The Morgan fingerprint density at radius 2 is 1.91 bits per heavy atom. The molecule has 218 valence electrons. The number of carbonyl (C=O) groups is 3. The Kier molecular flexibility index (Phi) is 7.66. The number of ether oxygens (including phenoxy) is 2. The number of benzene rings is 3. The van der Waals surface area contributed by atoms with Crippen molar-refractivity contribution < 1.29 is 29.0 Å². The van der Waals surface area contributed by atoms with Crippen molar-refractivity contribution in [3.05, 3.63) is 89.2 Å². The molecule has 6 rings (SSSR count). The molecule has 43 heavy (non-hydrogen) atoms. The van der Waals surface area contributed by atoms with E-state index in [1.54, 1.807) is 71.8 Å². The van der Waals surface area contributed by atoms with Crippen molar-refractivity contribution in [3.63, 3.8) is 0 Å². The summed E-state index contributed by atoms with van der Waals surface area (Å²) >= 11 is 6.10. The molecule has 3 N–H and O–H groups in total. The number of likely N-dealkylation sites (tertiary alicyclic amines) is 1. The number of rotatable bonds is 10. The standard InChI is InChI=1S/C31H26ClN5O6/c32-20-4-3-18-14-28(23(30(33)40)13-19(18)12-20)42-17-27(39)24-16-37(11-10-36-9-7-26(38)31(36)41)25-15-21(5-6-22(24)25)43-29-2-1-8-34-35-29/h1-6,8,12-16,26,38H,7,9-11,17H2,(H2,33,40)/t26-/m0/s1. The van der Waals surface area contributed by atoms with Crippen molar-refractivity contribution in [1.29, 1.82) is 0 Å². The van der Waals surface area contributed by atoms with Gasteiger partial charge in [0.15, 0.2) is 6.61 Å². The predicted octanol–water partition coefficient (Wildman–Crippen LogP) is 3.98. The van der Waals surface area contributed by atoms with E-state index in [1.165, 1.54) is 6.20 Å². The fraction of sp³-hybridized carbons (Fsp3) is 0.194. The van der Waals surface area contributed by atoms with Crippen LogP contribution in [0.4, 0.5) is 0 Å². The van der Waals surface area contributed by atoms with Crippen molar-refractivity contribution in [2.24, 2.45) is 5.73 Å². The van der Waals surface area contributed by atoms with Gasteiger partial charge in [0.25, 0.3) is 11.8 Å². The zero-order chi connectivity index (χ0) is 30.1. The number of amides is 2. The molecule has 1 atom stereocenters. The number of hydrogen-bond acceptors (Lipinski definition) is 8. The monoisotopic (exact) mass is 599 g/mol. The number of aliphatic hydroxyl groups excluding tert-OH is 1. The number of primary amides is 1. The van der Waals surface area contributed by atoms with E-state index in [0.717, 1.165) is 5.39 Å². The first-order chi connectivity index (χ1) is 20.8. The molecular weight excluding hydrogens is 574 g/mol. The van der Waals surface area contributed by atoms with Gasteiger partial charge in [-0.1, -0.05) is 17.7 Å². The number of aromatic nitrogens is 3. The Morgan fingerprint density at radius 3 is 2.65 bits per heavy atom. The molecule has 3 aromatic carbocycles. The van der Waals surface area contributed by atoms with Gasteiger partial charge in [-0.2, -0.15) is 5.10 Å². The lowest BCUT2D eigenvalue weighted by molar-refractivity contribution is -0.134. The largest absolute Gasteiger partial charge is 0.485 e. The average Bonchev–Trinajstić information content (AvgIpc) is 3.53. The number of nitrogens with zero attached hydrogens (tertiary/aromatic N) is 4. The highest BCUT2D eigenvalue weighted by Gasteiger charge is 2.29. The molecule has 0 unspecified atom stereocenters. The molecule has 2 amide bonds. The van der Waals surface area contributed by atoms with E-state index < -0.39 is 12.0 Å². The van der Waals surface area contributed by atoms with Crippen molar-refractivity contribution >= 4 is 50.9 Å². The number of halogens is 1. The SMILES string of the molecule is NC(=O)c1cc2cc(Cl)ccc2cc1OCC(=O)c1cn(CCN2CC[C@H](O)C2=O)c2cc(Oc3cccnn3)ccc12. The van der Waals surface area contributed by atoms with Crippen LogP contribution in [0.25, 0.3) is 21.7 Å². The molecule has 0 aliphatic carbocycles. The van der Waals surface area contributed by atoms with Crippen LogP contribution in [0.15, 0.2) is 73.1 Å². The smallest absolute Gasteiger partial charge is 0.252 e. The summed E-state index contributed by atoms with van der Waals surface area (Å²) in [5, 5.41) is 20.3. The van der Waals surface area contributed by atoms with Gasteiger partial charge in [-0.15, -0.1) is 5.10 Å². The Morgan fingerprint density at radius 1 is 1.05 bits per heavy atom. The molecule has 0 radical (unpaired) electrons. The van der Waals surface area contributed by atoms with Gasteiger partial charge in [-0.25, -0.2) is 0 Å². The van der Waals surface area contributed by atoms with Crippen LogP contribution in [-0.4, -0.2) is 68.2 Å². The molecule has 5 aromatic rings. The molecule has 0 saturated carbocycles. The number of Topliss-reactive ketones (excluding diaryl/α,β-unsaturated/α-hetero) is 1. The summed E-state index contributed by atoms with van der Waals surface area (Å²) in [6.45, 7) is 0.825. The van der Waals surface area contributed by atoms with E-state index in [2.05, 4.69) is 10.2 Å². The van der Waals surface area contributed by atoms with E-state index in [1.807, 2.05) is 4.57 Å². The second-order valence-electron chi connectivity index (χ2n) is 10.1. The number of hydrogen-bond donors (Lipinski definition) is 2. The third-order valence-corrected chi connectivity index (χ3v) is 7.56. The second kappa shape index (κ2) is 11.7. The molecular formula is C31H26ClN5O6. The summed E-state index contributed by atoms with van der Waals surface area (Å²) in [6, 6.07) is 17.1. The fourth-order valence-corrected chi connectivity index (χ4v) is 5.34. The molecule has 2 aromatic heterocycles. The minimum atomic E-state index is -0.986.